The third kappa shape index (κ3) is 3.77. The molecule has 3 aromatic rings. The van der Waals surface area contributed by atoms with E-state index in [2.05, 4.69) is 5.10 Å². The molecule has 0 aliphatic carbocycles. The summed E-state index contributed by atoms with van der Waals surface area (Å²) in [6.45, 7) is 4.45. The van der Waals surface area contributed by atoms with Crippen LogP contribution in [-0.2, 0) is 27.7 Å². The third-order valence-corrected chi connectivity index (χ3v) is 7.61. The SMILES string of the molecule is Cc1nn(-c2ccccc2)c(C)c1CC(=O)N1CCc2cc(S(=O)(=O)N(C)C)ccc21. The number of aryl methyl sites for hydroxylation is 1. The molecule has 2 heterocycles. The van der Waals surface area contributed by atoms with Gasteiger partial charge in [-0.15, -0.1) is 0 Å². The second kappa shape index (κ2) is 7.94. The molecule has 0 atom stereocenters. The number of carbonyl (C=O) groups excluding carboxylic acids is 1. The van der Waals surface area contributed by atoms with Crippen molar-refractivity contribution in [2.24, 2.45) is 0 Å². The molecule has 0 saturated heterocycles. The number of nitrogens with zero attached hydrogens (tertiary/aromatic N) is 4. The molecule has 0 fully saturated rings. The average Bonchev–Trinajstić information content (AvgIpc) is 3.30. The van der Waals surface area contributed by atoms with Gasteiger partial charge < -0.3 is 4.90 Å². The standard InChI is InChI=1S/C23H26N4O3S/c1-16-21(17(2)27(24-16)19-8-6-5-7-9-19)15-23(28)26-13-12-18-14-20(10-11-22(18)26)31(29,30)25(3)4/h5-11,14H,12-13,15H2,1-4H3. The number of hydrogen-bond donors (Lipinski definition) is 0. The van der Waals surface area contributed by atoms with Crippen LogP contribution in [0.5, 0.6) is 0 Å². The highest BCUT2D eigenvalue weighted by atomic mass is 32.2. The van der Waals surface area contributed by atoms with Gasteiger partial charge >= 0.3 is 0 Å². The van der Waals surface area contributed by atoms with Gasteiger partial charge in [0.25, 0.3) is 0 Å². The largest absolute Gasteiger partial charge is 0.312 e. The van der Waals surface area contributed by atoms with E-state index in [9.17, 15) is 13.2 Å². The second-order valence-corrected chi connectivity index (χ2v) is 10.1. The summed E-state index contributed by atoms with van der Waals surface area (Å²) < 4.78 is 27.9. The van der Waals surface area contributed by atoms with Gasteiger partial charge in [0.1, 0.15) is 0 Å². The smallest absolute Gasteiger partial charge is 0.242 e. The Balaban J connectivity index is 1.59. The van der Waals surface area contributed by atoms with Crippen molar-refractivity contribution < 1.29 is 13.2 Å². The molecule has 7 nitrogen and oxygen atoms in total. The zero-order chi connectivity index (χ0) is 22.3. The van der Waals surface area contributed by atoms with E-state index >= 15 is 0 Å². The Labute approximate surface area is 183 Å². The zero-order valence-corrected chi connectivity index (χ0v) is 19.0. The number of rotatable bonds is 5. The molecule has 0 bridgehead atoms. The summed E-state index contributed by atoms with van der Waals surface area (Å²) in [5.41, 5.74) is 5.33. The van der Waals surface area contributed by atoms with Crippen molar-refractivity contribution in [2.45, 2.75) is 31.6 Å². The lowest BCUT2D eigenvalue weighted by atomic mass is 10.1. The molecule has 0 unspecified atom stereocenters. The fraction of sp³-hybridized carbons (Fsp3) is 0.304. The number of anilines is 1. The number of sulfonamides is 1. The summed E-state index contributed by atoms with van der Waals surface area (Å²) in [6, 6.07) is 14.8. The Hall–Kier alpha value is -2.97. The Kier molecular flexibility index (Phi) is 5.45. The Bertz CT molecular complexity index is 1250. The van der Waals surface area contributed by atoms with Crippen LogP contribution in [0.2, 0.25) is 0 Å². The summed E-state index contributed by atoms with van der Waals surface area (Å²) >= 11 is 0. The second-order valence-electron chi connectivity index (χ2n) is 7.95. The molecule has 0 radical (unpaired) electrons. The van der Waals surface area contributed by atoms with Crippen LogP contribution >= 0.6 is 0 Å². The minimum absolute atomic E-state index is 0.0132. The maximum Gasteiger partial charge on any atom is 0.242 e. The fourth-order valence-corrected chi connectivity index (χ4v) is 4.96. The lowest BCUT2D eigenvalue weighted by Gasteiger charge is -2.18. The van der Waals surface area contributed by atoms with E-state index in [1.54, 1.807) is 23.1 Å². The van der Waals surface area contributed by atoms with Crippen molar-refractivity contribution in [1.29, 1.82) is 0 Å². The first-order valence-electron chi connectivity index (χ1n) is 10.2. The molecule has 0 spiro atoms. The molecule has 31 heavy (non-hydrogen) atoms. The van der Waals surface area contributed by atoms with Gasteiger partial charge in [-0.1, -0.05) is 18.2 Å². The van der Waals surface area contributed by atoms with E-state index < -0.39 is 10.0 Å². The van der Waals surface area contributed by atoms with Crippen LogP contribution in [0.15, 0.2) is 53.4 Å². The minimum atomic E-state index is -3.50. The highest BCUT2D eigenvalue weighted by molar-refractivity contribution is 7.89. The highest BCUT2D eigenvalue weighted by Gasteiger charge is 2.28. The van der Waals surface area contributed by atoms with E-state index in [0.29, 0.717) is 13.0 Å². The first-order chi connectivity index (χ1) is 14.7. The van der Waals surface area contributed by atoms with Crippen LogP contribution in [0.3, 0.4) is 0 Å². The molecule has 0 N–H and O–H groups in total. The van der Waals surface area contributed by atoms with E-state index in [1.807, 2.05) is 48.9 Å². The number of aromatic nitrogens is 2. The van der Waals surface area contributed by atoms with Crippen LogP contribution < -0.4 is 4.90 Å². The molecular weight excluding hydrogens is 412 g/mol. The molecule has 1 amide bonds. The van der Waals surface area contributed by atoms with Crippen molar-refractivity contribution >= 4 is 21.6 Å². The summed E-state index contributed by atoms with van der Waals surface area (Å²) in [6.07, 6.45) is 0.890. The van der Waals surface area contributed by atoms with Crippen LogP contribution in [0.1, 0.15) is 22.5 Å². The van der Waals surface area contributed by atoms with Crippen molar-refractivity contribution in [3.8, 4) is 5.69 Å². The van der Waals surface area contributed by atoms with Crippen LogP contribution in [0, 0.1) is 13.8 Å². The van der Waals surface area contributed by atoms with Crippen molar-refractivity contribution in [3.05, 3.63) is 71.0 Å². The predicted octanol–water partition coefficient (Wildman–Crippen LogP) is 2.87. The minimum Gasteiger partial charge on any atom is -0.312 e. The predicted molar refractivity (Wildman–Crippen MR) is 120 cm³/mol. The molecule has 1 aromatic heterocycles. The molecule has 1 aliphatic heterocycles. The van der Waals surface area contributed by atoms with Crippen molar-refractivity contribution in [1.82, 2.24) is 14.1 Å². The quantitative estimate of drug-likeness (QED) is 0.614. The van der Waals surface area contributed by atoms with Gasteiger partial charge in [0.15, 0.2) is 0 Å². The van der Waals surface area contributed by atoms with Crippen molar-refractivity contribution in [2.75, 3.05) is 25.5 Å². The highest BCUT2D eigenvalue weighted by Crippen LogP contribution is 2.32. The molecule has 4 rings (SSSR count). The molecule has 0 saturated carbocycles. The van der Waals surface area contributed by atoms with Gasteiger partial charge in [0, 0.05) is 37.6 Å². The van der Waals surface area contributed by atoms with Crippen LogP contribution in [0.25, 0.3) is 5.69 Å². The number of para-hydroxylation sites is 1. The maximum atomic E-state index is 13.2. The molecule has 1 aliphatic rings. The molecule has 162 valence electrons. The van der Waals surface area contributed by atoms with Gasteiger partial charge in [0.2, 0.25) is 15.9 Å². The number of hydrogen-bond acceptors (Lipinski definition) is 4. The van der Waals surface area contributed by atoms with Gasteiger partial charge in [0.05, 0.1) is 22.7 Å². The van der Waals surface area contributed by atoms with Gasteiger partial charge in [-0.2, -0.15) is 5.10 Å². The van der Waals surface area contributed by atoms with Gasteiger partial charge in [-0.3, -0.25) is 4.79 Å². The molecule has 2 aromatic carbocycles. The topological polar surface area (TPSA) is 75.5 Å². The van der Waals surface area contributed by atoms with E-state index in [1.165, 1.54) is 18.4 Å². The Morgan fingerprint density at radius 2 is 1.81 bits per heavy atom. The fourth-order valence-electron chi connectivity index (χ4n) is 4.01. The summed E-state index contributed by atoms with van der Waals surface area (Å²) in [4.78, 5) is 15.2. The number of carbonyl (C=O) groups is 1. The van der Waals surface area contributed by atoms with E-state index in [-0.39, 0.29) is 17.2 Å². The van der Waals surface area contributed by atoms with Crippen molar-refractivity contribution in [3.63, 3.8) is 0 Å². The number of amides is 1. The third-order valence-electron chi connectivity index (χ3n) is 5.80. The summed E-state index contributed by atoms with van der Waals surface area (Å²) in [5, 5.41) is 4.63. The van der Waals surface area contributed by atoms with Crippen LogP contribution in [-0.4, -0.2) is 49.1 Å². The molecular formula is C23H26N4O3S. The monoisotopic (exact) mass is 438 g/mol. The maximum absolute atomic E-state index is 13.2. The Morgan fingerprint density at radius 3 is 2.48 bits per heavy atom. The lowest BCUT2D eigenvalue weighted by Crippen LogP contribution is -2.30. The zero-order valence-electron chi connectivity index (χ0n) is 18.2. The summed E-state index contributed by atoms with van der Waals surface area (Å²) in [7, 11) is -0.476. The first-order valence-corrected chi connectivity index (χ1v) is 11.6. The number of fused-ring (bicyclic) bond motifs is 1. The van der Waals surface area contributed by atoms with E-state index in [4.69, 9.17) is 0 Å². The molecule has 8 heteroatoms. The summed E-state index contributed by atoms with van der Waals surface area (Å²) in [5.74, 6) is -0.0132. The van der Waals surface area contributed by atoms with E-state index in [0.717, 1.165) is 33.9 Å². The first kappa shape index (κ1) is 21.3. The normalized spacial score (nSPS) is 13.6. The lowest BCUT2D eigenvalue weighted by molar-refractivity contribution is -0.117. The van der Waals surface area contributed by atoms with Crippen LogP contribution in [0.4, 0.5) is 5.69 Å². The Morgan fingerprint density at radius 1 is 1.10 bits per heavy atom. The van der Waals surface area contributed by atoms with Gasteiger partial charge in [-0.05, 0) is 56.2 Å². The average molecular weight is 439 g/mol. The number of benzene rings is 2. The van der Waals surface area contributed by atoms with Gasteiger partial charge in [-0.25, -0.2) is 17.4 Å².